The quantitative estimate of drug-likeness (QED) is 0.522. The Morgan fingerprint density at radius 3 is 2.52 bits per heavy atom. The lowest BCUT2D eigenvalue weighted by Gasteiger charge is -2.33. The van der Waals surface area contributed by atoms with Crippen molar-refractivity contribution in [3.05, 3.63) is 46.2 Å². The lowest BCUT2D eigenvalue weighted by Crippen LogP contribution is -2.54. The number of piperidine rings is 2. The van der Waals surface area contributed by atoms with Crippen molar-refractivity contribution in [3.8, 4) is 0 Å². The van der Waals surface area contributed by atoms with E-state index < -0.39 is 35.3 Å². The van der Waals surface area contributed by atoms with E-state index in [2.05, 4.69) is 15.7 Å². The van der Waals surface area contributed by atoms with E-state index in [9.17, 15) is 24.0 Å². The zero-order chi connectivity index (χ0) is 28.8. The van der Waals surface area contributed by atoms with Gasteiger partial charge in [-0.1, -0.05) is 17.7 Å². The molecule has 0 spiro atoms. The highest BCUT2D eigenvalue weighted by molar-refractivity contribution is 6.30. The van der Waals surface area contributed by atoms with Crippen molar-refractivity contribution >= 4 is 47.0 Å². The topological polar surface area (TPSA) is 143 Å². The number of amides is 5. The van der Waals surface area contributed by atoms with Gasteiger partial charge in [0.1, 0.15) is 11.6 Å². The van der Waals surface area contributed by atoms with Crippen LogP contribution in [0.25, 0.3) is 0 Å². The van der Waals surface area contributed by atoms with E-state index >= 15 is 0 Å². The normalized spacial score (nSPS) is 20.1. The smallest absolute Gasteiger partial charge is 0.410 e. The molecule has 12 nitrogen and oxygen atoms in total. The molecule has 1 unspecified atom stereocenters. The van der Waals surface area contributed by atoms with Gasteiger partial charge in [0, 0.05) is 43.5 Å². The predicted octanol–water partition coefficient (Wildman–Crippen LogP) is 3.12. The van der Waals surface area contributed by atoms with Gasteiger partial charge in [-0.05, 0) is 52.2 Å². The molecule has 0 radical (unpaired) electrons. The molecule has 1 aromatic heterocycles. The average molecular weight is 571 g/mol. The summed E-state index contributed by atoms with van der Waals surface area (Å²) in [6.07, 6.45) is 3.05. The number of nitrogens with zero attached hydrogens (tertiary/aromatic N) is 4. The summed E-state index contributed by atoms with van der Waals surface area (Å²) in [4.78, 5) is 65.3. The average Bonchev–Trinajstić information content (AvgIpc) is 3.39. The third kappa shape index (κ3) is 5.40. The number of hydrogen-bond acceptors (Lipinski definition) is 8. The van der Waals surface area contributed by atoms with Gasteiger partial charge in [-0.2, -0.15) is 5.10 Å². The van der Waals surface area contributed by atoms with Gasteiger partial charge < -0.3 is 15.0 Å². The maximum atomic E-state index is 13.3. The largest absolute Gasteiger partial charge is 0.444 e. The van der Waals surface area contributed by atoms with Crippen molar-refractivity contribution in [2.75, 3.05) is 18.4 Å². The summed E-state index contributed by atoms with van der Waals surface area (Å²) in [6, 6.07) is 3.91. The maximum absolute atomic E-state index is 13.3. The summed E-state index contributed by atoms with van der Waals surface area (Å²) in [5.41, 5.74) is 0.951. The van der Waals surface area contributed by atoms with Gasteiger partial charge in [-0.25, -0.2) is 4.79 Å². The number of nitrogens with one attached hydrogen (secondary N) is 2. The molecule has 0 aliphatic carbocycles. The summed E-state index contributed by atoms with van der Waals surface area (Å²) in [6.45, 7) is 6.84. The summed E-state index contributed by atoms with van der Waals surface area (Å²) in [5.74, 6) is -2.24. The fraction of sp³-hybridized carbons (Fsp3) is 0.481. The van der Waals surface area contributed by atoms with Crippen molar-refractivity contribution in [1.82, 2.24) is 24.9 Å². The van der Waals surface area contributed by atoms with Gasteiger partial charge in [0.2, 0.25) is 11.8 Å². The van der Waals surface area contributed by atoms with Gasteiger partial charge in [-0.15, -0.1) is 0 Å². The third-order valence-electron chi connectivity index (χ3n) is 7.18. The van der Waals surface area contributed by atoms with Crippen molar-refractivity contribution in [3.63, 3.8) is 0 Å². The number of imide groups is 2. The minimum Gasteiger partial charge on any atom is -0.444 e. The van der Waals surface area contributed by atoms with Crippen LogP contribution >= 0.6 is 11.6 Å². The van der Waals surface area contributed by atoms with Crippen molar-refractivity contribution < 1.29 is 28.7 Å². The fourth-order valence-electron chi connectivity index (χ4n) is 5.21. The molecule has 2 fully saturated rings. The molecule has 0 saturated carbocycles. The Morgan fingerprint density at radius 2 is 1.85 bits per heavy atom. The standard InChI is InChI=1S/C27H31ClN6O6/c1-27(2,3)40-26(39)32-11-9-16(10-12-32)33-14-15(22(28)31-33)13-29-18-6-4-5-17-21(18)25(38)34(24(17)37)19-7-8-20(35)30-23(19)36/h4-6,14,16,19,29H,7-13H2,1-3H3,(H,30,35,36). The lowest BCUT2D eigenvalue weighted by molar-refractivity contribution is -0.136. The minimum absolute atomic E-state index is 0.0530. The van der Waals surface area contributed by atoms with E-state index in [0.717, 1.165) is 4.90 Å². The fourth-order valence-corrected chi connectivity index (χ4v) is 5.41. The first-order valence-corrected chi connectivity index (χ1v) is 13.6. The van der Waals surface area contributed by atoms with Crippen molar-refractivity contribution in [2.45, 2.75) is 70.7 Å². The molecule has 1 aromatic carbocycles. The second-order valence-corrected chi connectivity index (χ2v) is 11.5. The third-order valence-corrected chi connectivity index (χ3v) is 7.50. The molecule has 0 bridgehead atoms. The number of benzene rings is 1. The molecule has 3 aliphatic rings. The number of rotatable bonds is 5. The first kappa shape index (κ1) is 27.6. The second-order valence-electron chi connectivity index (χ2n) is 11.2. The molecule has 5 amide bonds. The highest BCUT2D eigenvalue weighted by atomic mass is 35.5. The number of halogens is 1. The number of fused-ring (bicyclic) bond motifs is 1. The van der Waals surface area contributed by atoms with Gasteiger partial charge in [-0.3, -0.25) is 34.1 Å². The van der Waals surface area contributed by atoms with Crippen LogP contribution in [0, 0.1) is 0 Å². The Labute approximate surface area is 235 Å². The number of carbonyl (C=O) groups excluding carboxylic acids is 5. The first-order valence-electron chi connectivity index (χ1n) is 13.2. The van der Waals surface area contributed by atoms with Crippen LogP contribution in [-0.2, 0) is 20.9 Å². The zero-order valence-electron chi connectivity index (χ0n) is 22.5. The van der Waals surface area contributed by atoms with Crippen LogP contribution < -0.4 is 10.6 Å². The van der Waals surface area contributed by atoms with Crippen LogP contribution in [0.1, 0.15) is 78.8 Å². The zero-order valence-corrected chi connectivity index (χ0v) is 23.3. The molecular weight excluding hydrogens is 540 g/mol. The molecule has 2 N–H and O–H groups in total. The van der Waals surface area contributed by atoms with Gasteiger partial charge in [0.25, 0.3) is 11.8 Å². The molecular formula is C27H31ClN6O6. The van der Waals surface area contributed by atoms with E-state index in [1.54, 1.807) is 27.8 Å². The second kappa shape index (κ2) is 10.6. The van der Waals surface area contributed by atoms with E-state index in [1.807, 2.05) is 27.0 Å². The molecule has 4 heterocycles. The van der Waals surface area contributed by atoms with Crippen molar-refractivity contribution in [2.24, 2.45) is 0 Å². The van der Waals surface area contributed by atoms with Gasteiger partial charge in [0.15, 0.2) is 5.15 Å². The lowest BCUT2D eigenvalue weighted by atomic mass is 10.0. The van der Waals surface area contributed by atoms with Gasteiger partial charge in [0.05, 0.1) is 17.2 Å². The van der Waals surface area contributed by atoms with Crippen LogP contribution in [0.5, 0.6) is 0 Å². The molecule has 40 heavy (non-hydrogen) atoms. The molecule has 2 aromatic rings. The molecule has 13 heteroatoms. The SMILES string of the molecule is CC(C)(C)OC(=O)N1CCC(n2cc(CNc3cccc4c3C(=O)N(C3CCC(=O)NC3=O)C4=O)c(Cl)n2)CC1. The Morgan fingerprint density at radius 1 is 1.12 bits per heavy atom. The van der Waals surface area contributed by atoms with Crippen LogP contribution in [0.3, 0.4) is 0 Å². The highest BCUT2D eigenvalue weighted by Gasteiger charge is 2.45. The maximum Gasteiger partial charge on any atom is 0.410 e. The molecule has 5 rings (SSSR count). The van der Waals surface area contributed by atoms with Crippen molar-refractivity contribution in [1.29, 1.82) is 0 Å². The Kier molecular flexibility index (Phi) is 7.30. The highest BCUT2D eigenvalue weighted by Crippen LogP contribution is 2.33. The molecule has 212 valence electrons. The summed E-state index contributed by atoms with van der Waals surface area (Å²) in [5, 5.41) is 10.2. The van der Waals surface area contributed by atoms with Crippen LogP contribution in [-0.4, -0.2) is 74.0 Å². The van der Waals surface area contributed by atoms with Crippen LogP contribution in [0.15, 0.2) is 24.4 Å². The van der Waals surface area contributed by atoms with Gasteiger partial charge >= 0.3 is 6.09 Å². The van der Waals surface area contributed by atoms with E-state index in [1.165, 1.54) is 0 Å². The number of aromatic nitrogens is 2. The number of carbonyl (C=O) groups is 5. The minimum atomic E-state index is -1.03. The molecule has 1 atom stereocenters. The number of likely N-dealkylation sites (tertiary alicyclic amines) is 1. The summed E-state index contributed by atoms with van der Waals surface area (Å²) >= 11 is 6.45. The number of anilines is 1. The molecule has 2 saturated heterocycles. The first-order chi connectivity index (χ1) is 18.9. The Balaban J connectivity index is 1.25. The van der Waals surface area contributed by atoms with Crippen LogP contribution in [0.2, 0.25) is 5.15 Å². The molecule has 3 aliphatic heterocycles. The number of hydrogen-bond donors (Lipinski definition) is 2. The van der Waals surface area contributed by atoms with Crippen LogP contribution in [0.4, 0.5) is 10.5 Å². The van der Waals surface area contributed by atoms with E-state index in [4.69, 9.17) is 16.3 Å². The predicted molar refractivity (Wildman–Crippen MR) is 144 cm³/mol. The summed E-state index contributed by atoms with van der Waals surface area (Å²) < 4.78 is 7.27. The Bertz CT molecular complexity index is 1390. The van der Waals surface area contributed by atoms with E-state index in [-0.39, 0.29) is 42.6 Å². The Hall–Kier alpha value is -3.93. The van der Waals surface area contributed by atoms with E-state index in [0.29, 0.717) is 42.3 Å². The monoisotopic (exact) mass is 570 g/mol. The summed E-state index contributed by atoms with van der Waals surface area (Å²) in [7, 11) is 0. The number of ether oxygens (including phenoxy) is 1.